The van der Waals surface area contributed by atoms with Crippen LogP contribution in [0.2, 0.25) is 0 Å². The molecule has 0 saturated carbocycles. The maximum Gasteiger partial charge on any atom is 0.185 e. The summed E-state index contributed by atoms with van der Waals surface area (Å²) in [7, 11) is 10.4. The van der Waals surface area contributed by atoms with Crippen LogP contribution in [-0.4, -0.2) is 167 Å². The summed E-state index contributed by atoms with van der Waals surface area (Å²) in [6.07, 6.45) is 12.0. The van der Waals surface area contributed by atoms with Crippen LogP contribution in [0.1, 0.15) is 71.5 Å². The molecule has 0 aliphatic heterocycles. The molecule has 24 nitrogen and oxygen atoms in total. The van der Waals surface area contributed by atoms with Gasteiger partial charge in [-0.15, -0.1) is 25.2 Å². The van der Waals surface area contributed by atoms with E-state index in [1.54, 1.807) is 88.2 Å². The first kappa shape index (κ1) is 56.6. The van der Waals surface area contributed by atoms with Gasteiger partial charge in [-0.25, -0.2) is 28.7 Å². The molecule has 0 atom stereocenters. The Morgan fingerprint density at radius 1 is 0.507 bits per heavy atom. The second-order valence-electron chi connectivity index (χ2n) is 15.0. The van der Waals surface area contributed by atoms with Crippen molar-refractivity contribution >= 4 is 68.0 Å². The molecule has 71 heavy (non-hydrogen) atoms. The van der Waals surface area contributed by atoms with Crippen LogP contribution >= 0.6 is 0 Å². The van der Waals surface area contributed by atoms with Crippen LogP contribution < -0.4 is 0 Å². The summed E-state index contributed by atoms with van der Waals surface area (Å²) in [6.45, 7) is 19.3. The standard InChI is InChI=1S/2C11H13N3.C9H11N5.C5H9N5.2C5H8N4.CH4/c2*1-8-4-5-11-10(6-8)7-13-14(11)9(2)12-3;1-6-4-8-9(11-5-6)14(13-12-8)7(2)10-3;1-4-7-9-10(8-4)5(2)6-3;1-5(6-2)9-4-7-3-8-9;1-5(6-2)9-4-3-7-8-9;/h2*4-7H,1-3H3;4-5H,1-3H3;1-3H3;2*3-4H,1-2H3;1H4. The zero-order valence-electron chi connectivity index (χ0n) is 42.8. The van der Waals surface area contributed by atoms with Gasteiger partial charge in [0.15, 0.2) is 11.5 Å². The van der Waals surface area contributed by atoms with E-state index in [9.17, 15) is 0 Å². The maximum absolute atomic E-state index is 4.29. The molecule has 374 valence electrons. The summed E-state index contributed by atoms with van der Waals surface area (Å²) in [5.41, 5.74) is 7.35. The van der Waals surface area contributed by atoms with Gasteiger partial charge in [0, 0.05) is 59.3 Å². The molecule has 0 saturated heterocycles. The Hall–Kier alpha value is -8.70. The van der Waals surface area contributed by atoms with Crippen molar-refractivity contribution in [3.8, 4) is 0 Å². The molecule has 24 heteroatoms. The third kappa shape index (κ3) is 15.9. The minimum atomic E-state index is 0. The molecule has 0 aliphatic rings. The zero-order valence-corrected chi connectivity index (χ0v) is 42.8. The summed E-state index contributed by atoms with van der Waals surface area (Å²) >= 11 is 0. The van der Waals surface area contributed by atoms with E-state index < -0.39 is 0 Å². The largest absolute Gasteiger partial charge is 0.274 e. The summed E-state index contributed by atoms with van der Waals surface area (Å²) in [5.74, 6) is 5.67. The molecule has 0 N–H and O–H groups in total. The molecule has 0 fully saturated rings. The predicted octanol–water partition coefficient (Wildman–Crippen LogP) is 6.38. The molecular weight excluding hydrogens is 901 g/mol. The summed E-state index contributed by atoms with van der Waals surface area (Å²) < 4.78 is 8.57. The van der Waals surface area contributed by atoms with Crippen LogP contribution in [0.15, 0.2) is 116 Å². The summed E-state index contributed by atoms with van der Waals surface area (Å²) in [6, 6.07) is 14.5. The van der Waals surface area contributed by atoms with Crippen molar-refractivity contribution in [2.45, 2.75) is 76.7 Å². The van der Waals surface area contributed by atoms with Gasteiger partial charge in [-0.2, -0.15) is 20.0 Å². The summed E-state index contributed by atoms with van der Waals surface area (Å²) in [5, 5.41) is 41.5. The van der Waals surface area contributed by atoms with Gasteiger partial charge >= 0.3 is 0 Å². The third-order valence-electron chi connectivity index (χ3n) is 10.0. The smallest absolute Gasteiger partial charge is 0.185 e. The lowest BCUT2D eigenvalue weighted by molar-refractivity contribution is 0.755. The van der Waals surface area contributed by atoms with Crippen molar-refractivity contribution in [3.63, 3.8) is 0 Å². The SMILES string of the molecule is C.CN=C(C)n1ccnn1.CN=C(C)n1cncn1.CN=C(C)n1ncc2cc(C)ccc21.CN=C(C)n1ncc2cc(C)ccc21.CN=C(C)n1nnc(C)n1.CN=C(C)n1nnc2cc(C)cnc21. The Bertz CT molecular complexity index is 2950. The second kappa shape index (κ2) is 28.0. The first-order valence-electron chi connectivity index (χ1n) is 21.8. The van der Waals surface area contributed by atoms with E-state index in [0.29, 0.717) is 5.82 Å². The number of aryl methyl sites for hydroxylation is 4. The number of tetrazole rings is 1. The van der Waals surface area contributed by atoms with Gasteiger partial charge in [-0.3, -0.25) is 30.0 Å². The number of hydrogen-bond donors (Lipinski definition) is 0. The number of aliphatic imine (C=N–C) groups is 6. The van der Waals surface area contributed by atoms with E-state index in [-0.39, 0.29) is 7.43 Å². The lowest BCUT2D eigenvalue weighted by Gasteiger charge is -2.01. The van der Waals surface area contributed by atoms with Gasteiger partial charge in [0.2, 0.25) is 0 Å². The van der Waals surface area contributed by atoms with Gasteiger partial charge in [0.05, 0.1) is 35.8 Å². The van der Waals surface area contributed by atoms with Gasteiger partial charge < -0.3 is 0 Å². The lowest BCUT2D eigenvalue weighted by atomic mass is 10.2. The van der Waals surface area contributed by atoms with Crippen molar-refractivity contribution in [2.24, 2.45) is 30.0 Å². The molecule has 2 aromatic carbocycles. The number of rotatable bonds is 0. The maximum atomic E-state index is 4.29. The molecule has 9 rings (SSSR count). The number of hydrogen-bond acceptors (Lipinski definition) is 18. The van der Waals surface area contributed by atoms with Crippen molar-refractivity contribution in [2.75, 3.05) is 42.3 Å². The second-order valence-corrected chi connectivity index (χ2v) is 15.0. The number of aromatic nitrogens is 18. The molecule has 0 radical (unpaired) electrons. The fraction of sp³-hybridized carbons (Fsp3) is 0.362. The van der Waals surface area contributed by atoms with E-state index >= 15 is 0 Å². The van der Waals surface area contributed by atoms with E-state index in [2.05, 4.69) is 141 Å². The first-order valence-corrected chi connectivity index (χ1v) is 21.8. The molecule has 0 aliphatic carbocycles. The minimum absolute atomic E-state index is 0. The molecule has 7 heterocycles. The van der Waals surface area contributed by atoms with Crippen LogP contribution in [0.5, 0.6) is 0 Å². The Morgan fingerprint density at radius 3 is 1.48 bits per heavy atom. The van der Waals surface area contributed by atoms with Gasteiger partial charge in [-0.05, 0) is 110 Å². The number of benzene rings is 2. The molecule has 0 spiro atoms. The molecule has 0 bridgehead atoms. The topological polar surface area (TPSA) is 258 Å². The fourth-order valence-corrected chi connectivity index (χ4v) is 5.71. The van der Waals surface area contributed by atoms with Crippen molar-refractivity contribution in [3.05, 3.63) is 109 Å². The molecule has 0 unspecified atom stereocenters. The van der Waals surface area contributed by atoms with Crippen molar-refractivity contribution in [1.29, 1.82) is 0 Å². The van der Waals surface area contributed by atoms with Crippen LogP contribution in [-0.2, 0) is 0 Å². The fourth-order valence-electron chi connectivity index (χ4n) is 5.71. The van der Waals surface area contributed by atoms with Gasteiger partial charge in [0.1, 0.15) is 53.2 Å². The molecule has 0 amide bonds. The van der Waals surface area contributed by atoms with E-state index in [0.717, 1.165) is 73.5 Å². The molecule has 7 aromatic heterocycles. The van der Waals surface area contributed by atoms with E-state index in [4.69, 9.17) is 0 Å². The Labute approximate surface area is 413 Å². The highest BCUT2D eigenvalue weighted by atomic mass is 15.6. The van der Waals surface area contributed by atoms with Crippen LogP contribution in [0.25, 0.3) is 33.0 Å². The highest BCUT2D eigenvalue weighted by molar-refractivity contribution is 5.93. The summed E-state index contributed by atoms with van der Waals surface area (Å²) in [4.78, 5) is 33.4. The van der Waals surface area contributed by atoms with Crippen molar-refractivity contribution in [1.82, 2.24) is 89.5 Å². The zero-order chi connectivity index (χ0) is 51.3. The Morgan fingerprint density at radius 2 is 1.03 bits per heavy atom. The van der Waals surface area contributed by atoms with E-state index in [1.165, 1.54) is 22.3 Å². The Kier molecular flexibility index (Phi) is 22.3. The average molecular weight is 967 g/mol. The first-order chi connectivity index (χ1) is 33.6. The quantitative estimate of drug-likeness (QED) is 0.119. The number of nitrogens with zero attached hydrogens (tertiary/aromatic N) is 24. The van der Waals surface area contributed by atoms with Crippen molar-refractivity contribution < 1.29 is 0 Å². The molecule has 9 aromatic rings. The highest BCUT2D eigenvalue weighted by Gasteiger charge is 2.08. The highest BCUT2D eigenvalue weighted by Crippen LogP contribution is 2.16. The number of fused-ring (bicyclic) bond motifs is 3. The third-order valence-corrected chi connectivity index (χ3v) is 10.0. The Balaban J connectivity index is 0.000000227. The minimum Gasteiger partial charge on any atom is -0.274 e. The molecular formula is C47H66N24. The van der Waals surface area contributed by atoms with Crippen LogP contribution in [0.3, 0.4) is 0 Å². The lowest BCUT2D eigenvalue weighted by Crippen LogP contribution is -2.11. The van der Waals surface area contributed by atoms with Gasteiger partial charge in [-0.1, -0.05) is 41.1 Å². The van der Waals surface area contributed by atoms with Gasteiger partial charge in [0.25, 0.3) is 0 Å². The van der Waals surface area contributed by atoms with E-state index in [1.807, 2.05) is 76.3 Å². The monoisotopic (exact) mass is 967 g/mol. The normalized spacial score (nSPS) is 12.1. The number of pyridine rings is 1. The van der Waals surface area contributed by atoms with Crippen LogP contribution in [0.4, 0.5) is 0 Å². The van der Waals surface area contributed by atoms with Crippen LogP contribution in [0, 0.1) is 27.7 Å². The predicted molar refractivity (Wildman–Crippen MR) is 285 cm³/mol. The average Bonchev–Trinajstić information content (AvgIpc) is 4.25.